The van der Waals surface area contributed by atoms with Crippen LogP contribution in [0.3, 0.4) is 0 Å². The van der Waals surface area contributed by atoms with Gasteiger partial charge in [-0.15, -0.1) is 0 Å². The van der Waals surface area contributed by atoms with Crippen molar-refractivity contribution in [3.05, 3.63) is 110 Å². The van der Waals surface area contributed by atoms with Crippen LogP contribution in [0.1, 0.15) is 27.8 Å². The molecule has 1 aromatic heterocycles. The smallest absolute Gasteiger partial charge is 0.340 e. The Bertz CT molecular complexity index is 1500. The molecule has 0 radical (unpaired) electrons. The molecule has 0 bridgehead atoms. The van der Waals surface area contributed by atoms with E-state index in [0.29, 0.717) is 44.9 Å². The molecule has 8 heteroatoms. The largest absolute Gasteiger partial charge is 0.548 e. The molecule has 0 aliphatic carbocycles. The summed E-state index contributed by atoms with van der Waals surface area (Å²) >= 11 is 5.88. The van der Waals surface area contributed by atoms with E-state index in [1.54, 1.807) is 36.4 Å². The number of carbonyl (C=O) groups excluding carboxylic acids is 2. The van der Waals surface area contributed by atoms with Crippen molar-refractivity contribution in [3.8, 4) is 5.75 Å². The lowest BCUT2D eigenvalue weighted by molar-refractivity contribution is -0.308. The second kappa shape index (κ2) is 11.3. The first-order valence-corrected chi connectivity index (χ1v) is 12.1. The van der Waals surface area contributed by atoms with Crippen molar-refractivity contribution in [2.45, 2.75) is 32.7 Å². The maximum Gasteiger partial charge on any atom is 0.340 e. The van der Waals surface area contributed by atoms with Gasteiger partial charge in [0.05, 0.1) is 17.4 Å². The molecular weight excluding hydrogens is 494 g/mol. The molecule has 37 heavy (non-hydrogen) atoms. The van der Waals surface area contributed by atoms with Crippen LogP contribution in [0.2, 0.25) is 5.02 Å². The summed E-state index contributed by atoms with van der Waals surface area (Å²) in [6.45, 7) is 3.20. The van der Waals surface area contributed by atoms with Crippen LogP contribution in [0.25, 0.3) is 11.0 Å². The van der Waals surface area contributed by atoms with Crippen molar-refractivity contribution in [3.63, 3.8) is 0 Å². The van der Waals surface area contributed by atoms with E-state index in [9.17, 15) is 19.5 Å². The summed E-state index contributed by atoms with van der Waals surface area (Å²) in [7, 11) is 0. The highest BCUT2D eigenvalue weighted by Gasteiger charge is 2.19. The lowest BCUT2D eigenvalue weighted by atomic mass is 9.98. The third kappa shape index (κ3) is 6.37. The summed E-state index contributed by atoms with van der Waals surface area (Å²) in [5.74, 6) is -1.67. The number of hydrogen-bond donors (Lipinski definition) is 1. The van der Waals surface area contributed by atoms with Gasteiger partial charge in [-0.2, -0.15) is 0 Å². The topological polar surface area (TPSA) is 109 Å². The van der Waals surface area contributed by atoms with Crippen molar-refractivity contribution in [2.24, 2.45) is 0 Å². The zero-order valence-electron chi connectivity index (χ0n) is 20.4. The molecule has 7 nitrogen and oxygen atoms in total. The van der Waals surface area contributed by atoms with Crippen LogP contribution in [0.4, 0.5) is 0 Å². The Balaban J connectivity index is 1.55. The minimum Gasteiger partial charge on any atom is -0.548 e. The van der Waals surface area contributed by atoms with Gasteiger partial charge >= 0.3 is 5.63 Å². The fourth-order valence-corrected chi connectivity index (χ4v) is 4.31. The van der Waals surface area contributed by atoms with Gasteiger partial charge in [-0.1, -0.05) is 54.1 Å². The lowest BCUT2D eigenvalue weighted by Crippen LogP contribution is -2.50. The standard InChI is InChI=1S/C29H26ClNO6/c1-17-12-24(36-16-26(32)31-23(28(33)34)15-20-8-10-21(30)11-9-20)27-18(2)22(29(35)37-25(27)13-17)14-19-6-4-3-5-7-19/h3-13,23H,14-16H2,1-2H3,(H,31,32)(H,33,34)/p-1/t23-/m0/s1. The van der Waals surface area contributed by atoms with Gasteiger partial charge in [0.1, 0.15) is 11.3 Å². The van der Waals surface area contributed by atoms with Crippen molar-refractivity contribution in [2.75, 3.05) is 6.61 Å². The molecule has 0 fully saturated rings. The van der Waals surface area contributed by atoms with Crippen molar-refractivity contribution >= 4 is 34.4 Å². The van der Waals surface area contributed by atoms with Gasteiger partial charge in [-0.25, -0.2) is 4.79 Å². The minimum absolute atomic E-state index is 0.0335. The molecule has 0 aliphatic heterocycles. The number of ether oxygens (including phenoxy) is 1. The summed E-state index contributed by atoms with van der Waals surface area (Å²) in [6, 6.07) is 18.5. The molecule has 1 heterocycles. The van der Waals surface area contributed by atoms with Gasteiger partial charge in [0.25, 0.3) is 5.91 Å². The van der Waals surface area contributed by atoms with E-state index in [-0.39, 0.29) is 6.42 Å². The molecule has 0 saturated heterocycles. The fourth-order valence-electron chi connectivity index (χ4n) is 4.18. The van der Waals surface area contributed by atoms with Gasteiger partial charge in [0.2, 0.25) is 0 Å². The highest BCUT2D eigenvalue weighted by molar-refractivity contribution is 6.30. The van der Waals surface area contributed by atoms with E-state index < -0.39 is 30.2 Å². The average molecular weight is 519 g/mol. The summed E-state index contributed by atoms with van der Waals surface area (Å²) in [6.07, 6.45) is 0.419. The predicted octanol–water partition coefficient (Wildman–Crippen LogP) is 3.51. The summed E-state index contributed by atoms with van der Waals surface area (Å²) in [5, 5.41) is 15.2. The molecule has 0 unspecified atom stereocenters. The first-order valence-electron chi connectivity index (χ1n) is 11.7. The molecule has 1 N–H and O–H groups in total. The van der Waals surface area contributed by atoms with Crippen LogP contribution < -0.4 is 20.8 Å². The van der Waals surface area contributed by atoms with Crippen LogP contribution in [0.15, 0.2) is 75.9 Å². The van der Waals surface area contributed by atoms with Crippen molar-refractivity contribution < 1.29 is 23.8 Å². The average Bonchev–Trinajstić information content (AvgIpc) is 2.86. The molecule has 4 rings (SSSR count). The minimum atomic E-state index is -1.41. The van der Waals surface area contributed by atoms with E-state index in [0.717, 1.165) is 11.1 Å². The molecule has 190 valence electrons. The number of aryl methyl sites for hydroxylation is 2. The number of amides is 1. The SMILES string of the molecule is Cc1cc(OCC(=O)N[C@@H](Cc2ccc(Cl)cc2)C(=O)[O-])c2c(C)c(Cc3ccccc3)c(=O)oc2c1. The maximum absolute atomic E-state index is 12.8. The highest BCUT2D eigenvalue weighted by Crippen LogP contribution is 2.31. The van der Waals surface area contributed by atoms with E-state index in [1.807, 2.05) is 44.2 Å². The molecule has 0 saturated carbocycles. The van der Waals surface area contributed by atoms with Gasteiger partial charge in [0, 0.05) is 17.0 Å². The number of carbonyl (C=O) groups is 2. The lowest BCUT2D eigenvalue weighted by Gasteiger charge is -2.20. The zero-order valence-corrected chi connectivity index (χ0v) is 21.1. The van der Waals surface area contributed by atoms with Crippen LogP contribution in [0, 0.1) is 13.8 Å². The Morgan fingerprint density at radius 2 is 1.73 bits per heavy atom. The van der Waals surface area contributed by atoms with Crippen LogP contribution >= 0.6 is 11.6 Å². The second-order valence-electron chi connectivity index (χ2n) is 8.85. The van der Waals surface area contributed by atoms with E-state index in [1.165, 1.54) is 0 Å². The summed E-state index contributed by atoms with van der Waals surface area (Å²) < 4.78 is 11.4. The molecule has 0 spiro atoms. The van der Waals surface area contributed by atoms with Crippen LogP contribution in [-0.4, -0.2) is 24.5 Å². The molecule has 4 aromatic rings. The Labute approximate surface area is 218 Å². The normalized spacial score (nSPS) is 11.8. The first-order chi connectivity index (χ1) is 17.7. The van der Waals surface area contributed by atoms with Gasteiger partial charge in [0.15, 0.2) is 6.61 Å². The Kier molecular flexibility index (Phi) is 7.94. The molecule has 3 aromatic carbocycles. The van der Waals surface area contributed by atoms with Gasteiger partial charge < -0.3 is 24.4 Å². The predicted molar refractivity (Wildman–Crippen MR) is 139 cm³/mol. The third-order valence-corrected chi connectivity index (χ3v) is 6.29. The summed E-state index contributed by atoms with van der Waals surface area (Å²) in [4.78, 5) is 37.0. The van der Waals surface area contributed by atoms with Gasteiger partial charge in [-0.3, -0.25) is 4.79 Å². The number of aliphatic carboxylic acids is 1. The maximum atomic E-state index is 12.8. The Morgan fingerprint density at radius 1 is 1.03 bits per heavy atom. The number of halogens is 1. The van der Waals surface area contributed by atoms with E-state index >= 15 is 0 Å². The fraction of sp³-hybridized carbons (Fsp3) is 0.207. The highest BCUT2D eigenvalue weighted by atomic mass is 35.5. The quantitative estimate of drug-likeness (QED) is 0.340. The van der Waals surface area contributed by atoms with Crippen molar-refractivity contribution in [1.82, 2.24) is 5.32 Å². The first kappa shape index (κ1) is 26.0. The number of hydrogen-bond acceptors (Lipinski definition) is 6. The number of nitrogens with one attached hydrogen (secondary N) is 1. The van der Waals surface area contributed by atoms with E-state index in [4.69, 9.17) is 20.8 Å². The second-order valence-corrected chi connectivity index (χ2v) is 9.29. The Morgan fingerprint density at radius 3 is 2.41 bits per heavy atom. The summed E-state index contributed by atoms with van der Waals surface area (Å²) in [5.41, 5.74) is 3.53. The zero-order chi connectivity index (χ0) is 26.5. The van der Waals surface area contributed by atoms with Crippen LogP contribution in [-0.2, 0) is 22.4 Å². The number of rotatable bonds is 9. The number of fused-ring (bicyclic) bond motifs is 1. The molecule has 1 amide bonds. The van der Waals surface area contributed by atoms with Crippen molar-refractivity contribution in [1.29, 1.82) is 0 Å². The molecule has 0 aliphatic rings. The van der Waals surface area contributed by atoms with Crippen LogP contribution in [0.5, 0.6) is 5.75 Å². The van der Waals surface area contributed by atoms with E-state index in [2.05, 4.69) is 5.32 Å². The molecular formula is C29H25ClNO6-. The monoisotopic (exact) mass is 518 g/mol. The number of carboxylic acid groups (broad SMARTS) is 1. The van der Waals surface area contributed by atoms with Gasteiger partial charge in [-0.05, 0) is 66.8 Å². The Hall–Kier alpha value is -4.10. The molecule has 1 atom stereocenters. The number of benzene rings is 3. The third-order valence-electron chi connectivity index (χ3n) is 6.04. The number of carboxylic acids is 1.